The summed E-state index contributed by atoms with van der Waals surface area (Å²) < 4.78 is 29.7. The summed E-state index contributed by atoms with van der Waals surface area (Å²) in [6, 6.07) is 9.55. The second-order valence-corrected chi connectivity index (χ2v) is 6.79. The third-order valence-electron chi connectivity index (χ3n) is 4.80. The van der Waals surface area contributed by atoms with Crippen molar-refractivity contribution in [1.82, 2.24) is 10.3 Å². The molecule has 0 spiro atoms. The van der Waals surface area contributed by atoms with Gasteiger partial charge in [-0.1, -0.05) is 6.07 Å². The molecule has 0 fully saturated rings. The maximum Gasteiger partial charge on any atom is 0.339 e. The number of nitrogens with zero attached hydrogens (tertiary/aromatic N) is 1. The Morgan fingerprint density at radius 3 is 2.58 bits per heavy atom. The summed E-state index contributed by atoms with van der Waals surface area (Å²) in [6.07, 6.45) is 2.34. The van der Waals surface area contributed by atoms with Crippen LogP contribution >= 0.6 is 0 Å². The molecule has 8 heteroatoms. The molecule has 3 rings (SSSR count). The molecule has 3 aromatic rings. The number of halogens is 1. The molecule has 0 aliphatic rings. The van der Waals surface area contributed by atoms with Gasteiger partial charge in [0.25, 0.3) is 5.91 Å². The summed E-state index contributed by atoms with van der Waals surface area (Å²) in [7, 11) is 3.12. The van der Waals surface area contributed by atoms with E-state index in [4.69, 9.17) is 14.2 Å². The summed E-state index contributed by atoms with van der Waals surface area (Å²) in [6.45, 7) is 1.83. The van der Waals surface area contributed by atoms with Crippen LogP contribution in [-0.2, 0) is 16.0 Å². The van der Waals surface area contributed by atoms with Gasteiger partial charge in [-0.3, -0.25) is 9.78 Å². The monoisotopic (exact) mass is 426 g/mol. The molecule has 7 nitrogen and oxygen atoms in total. The minimum Gasteiger partial charge on any atom is -0.493 e. The SMILES string of the molecule is COc1ccc(CCNC(=O)C(C)OC(=O)c2ccc(F)c3cnccc23)cc1OC. The number of ether oxygens (including phenoxy) is 3. The van der Waals surface area contributed by atoms with Crippen molar-refractivity contribution >= 4 is 22.6 Å². The quantitative estimate of drug-likeness (QED) is 0.556. The van der Waals surface area contributed by atoms with Crippen LogP contribution in [0.4, 0.5) is 4.39 Å². The lowest BCUT2D eigenvalue weighted by atomic mass is 10.1. The maximum absolute atomic E-state index is 13.9. The number of amides is 1. The van der Waals surface area contributed by atoms with E-state index in [1.54, 1.807) is 20.3 Å². The number of benzene rings is 2. The molecule has 0 aliphatic carbocycles. The number of rotatable bonds is 8. The van der Waals surface area contributed by atoms with Gasteiger partial charge in [-0.2, -0.15) is 0 Å². The van der Waals surface area contributed by atoms with Gasteiger partial charge in [0, 0.05) is 29.7 Å². The van der Waals surface area contributed by atoms with Gasteiger partial charge >= 0.3 is 5.97 Å². The van der Waals surface area contributed by atoms with Gasteiger partial charge < -0.3 is 19.5 Å². The molecule has 1 N–H and O–H groups in total. The fraction of sp³-hybridized carbons (Fsp3) is 0.261. The number of carbonyl (C=O) groups excluding carboxylic acids is 2. The molecule has 1 unspecified atom stereocenters. The van der Waals surface area contributed by atoms with E-state index >= 15 is 0 Å². The Hall–Kier alpha value is -3.68. The highest BCUT2D eigenvalue weighted by Crippen LogP contribution is 2.27. The molecular formula is C23H23FN2O5. The van der Waals surface area contributed by atoms with E-state index in [1.807, 2.05) is 12.1 Å². The van der Waals surface area contributed by atoms with Crippen molar-refractivity contribution in [3.63, 3.8) is 0 Å². The molecule has 162 valence electrons. The Labute approximate surface area is 179 Å². The highest BCUT2D eigenvalue weighted by molar-refractivity contribution is 6.05. The van der Waals surface area contributed by atoms with E-state index in [2.05, 4.69) is 10.3 Å². The van der Waals surface area contributed by atoms with E-state index in [0.717, 1.165) is 5.56 Å². The number of fused-ring (bicyclic) bond motifs is 1. The minimum atomic E-state index is -1.01. The smallest absolute Gasteiger partial charge is 0.339 e. The number of hydrogen-bond donors (Lipinski definition) is 1. The van der Waals surface area contributed by atoms with Crippen LogP contribution in [0.15, 0.2) is 48.8 Å². The average molecular weight is 426 g/mol. The molecule has 2 aromatic carbocycles. The Bertz CT molecular complexity index is 1100. The molecular weight excluding hydrogens is 403 g/mol. The maximum atomic E-state index is 13.9. The summed E-state index contributed by atoms with van der Waals surface area (Å²) >= 11 is 0. The largest absolute Gasteiger partial charge is 0.493 e. The van der Waals surface area contributed by atoms with Crippen LogP contribution in [0.3, 0.4) is 0 Å². The number of pyridine rings is 1. The fourth-order valence-corrected chi connectivity index (χ4v) is 3.12. The van der Waals surface area contributed by atoms with Crippen LogP contribution < -0.4 is 14.8 Å². The standard InChI is InChI=1S/C23H23FN2O5/c1-14(22(27)26-11-8-15-4-7-20(29-2)21(12-15)30-3)31-23(28)17-5-6-19(24)18-13-25-10-9-16(17)18/h4-7,9-10,12-14H,8,11H2,1-3H3,(H,26,27). The lowest BCUT2D eigenvalue weighted by Gasteiger charge is -2.15. The first-order valence-corrected chi connectivity index (χ1v) is 9.66. The normalized spacial score (nSPS) is 11.6. The van der Waals surface area contributed by atoms with Crippen LogP contribution in [0.5, 0.6) is 11.5 Å². The van der Waals surface area contributed by atoms with Crippen LogP contribution in [0.2, 0.25) is 0 Å². The van der Waals surface area contributed by atoms with E-state index < -0.39 is 23.8 Å². The van der Waals surface area contributed by atoms with Crippen LogP contribution in [0.1, 0.15) is 22.8 Å². The van der Waals surface area contributed by atoms with Crippen molar-refractivity contribution in [2.45, 2.75) is 19.4 Å². The summed E-state index contributed by atoms with van der Waals surface area (Å²) in [5, 5.41) is 3.33. The Morgan fingerprint density at radius 2 is 1.84 bits per heavy atom. The van der Waals surface area contributed by atoms with Crippen LogP contribution in [0, 0.1) is 5.82 Å². The lowest BCUT2D eigenvalue weighted by molar-refractivity contribution is -0.129. The molecule has 0 saturated heterocycles. The number of methoxy groups -OCH3 is 2. The van der Waals surface area contributed by atoms with Crippen molar-refractivity contribution in [1.29, 1.82) is 0 Å². The highest BCUT2D eigenvalue weighted by atomic mass is 19.1. The summed E-state index contributed by atoms with van der Waals surface area (Å²) in [5.41, 5.74) is 1.12. The molecule has 31 heavy (non-hydrogen) atoms. The predicted octanol–water partition coefficient (Wildman–Crippen LogP) is 3.30. The van der Waals surface area contributed by atoms with Crippen LogP contribution in [0.25, 0.3) is 10.8 Å². The van der Waals surface area contributed by atoms with Crippen LogP contribution in [-0.4, -0.2) is 43.7 Å². The Morgan fingerprint density at radius 1 is 1.06 bits per heavy atom. The predicted molar refractivity (Wildman–Crippen MR) is 113 cm³/mol. The van der Waals surface area contributed by atoms with E-state index in [0.29, 0.717) is 29.9 Å². The molecule has 1 heterocycles. The van der Waals surface area contributed by atoms with Crippen molar-refractivity contribution < 1.29 is 28.2 Å². The fourth-order valence-electron chi connectivity index (χ4n) is 3.12. The third kappa shape index (κ3) is 5.09. The number of nitrogens with one attached hydrogen (secondary N) is 1. The average Bonchev–Trinajstić information content (AvgIpc) is 2.79. The summed E-state index contributed by atoms with van der Waals surface area (Å²) in [4.78, 5) is 28.7. The molecule has 1 atom stereocenters. The first-order chi connectivity index (χ1) is 14.9. The Balaban J connectivity index is 1.58. The van der Waals surface area contributed by atoms with E-state index in [9.17, 15) is 14.0 Å². The number of aromatic nitrogens is 1. The molecule has 1 aromatic heterocycles. The zero-order chi connectivity index (χ0) is 22.4. The highest BCUT2D eigenvalue weighted by Gasteiger charge is 2.21. The zero-order valence-electron chi connectivity index (χ0n) is 17.5. The number of carbonyl (C=O) groups is 2. The van der Waals surface area contributed by atoms with E-state index in [1.165, 1.54) is 37.5 Å². The number of hydrogen-bond acceptors (Lipinski definition) is 6. The first kappa shape index (κ1) is 22.0. The summed E-state index contributed by atoms with van der Waals surface area (Å²) in [5.74, 6) is -0.392. The van der Waals surface area contributed by atoms with Gasteiger partial charge in [0.05, 0.1) is 19.8 Å². The van der Waals surface area contributed by atoms with Crippen molar-refractivity contribution in [2.24, 2.45) is 0 Å². The van der Waals surface area contributed by atoms with Gasteiger partial charge in [-0.05, 0) is 49.2 Å². The lowest BCUT2D eigenvalue weighted by Crippen LogP contribution is -2.37. The number of esters is 1. The van der Waals surface area contributed by atoms with Gasteiger partial charge in [-0.15, -0.1) is 0 Å². The van der Waals surface area contributed by atoms with Gasteiger partial charge in [-0.25, -0.2) is 9.18 Å². The second-order valence-electron chi connectivity index (χ2n) is 6.79. The van der Waals surface area contributed by atoms with E-state index in [-0.39, 0.29) is 10.9 Å². The molecule has 0 bridgehead atoms. The molecule has 0 saturated carbocycles. The third-order valence-corrected chi connectivity index (χ3v) is 4.80. The van der Waals surface area contributed by atoms with Crippen molar-refractivity contribution in [2.75, 3.05) is 20.8 Å². The van der Waals surface area contributed by atoms with Gasteiger partial charge in [0.15, 0.2) is 17.6 Å². The molecule has 0 radical (unpaired) electrons. The second kappa shape index (κ2) is 9.88. The topological polar surface area (TPSA) is 86.8 Å². The zero-order valence-corrected chi connectivity index (χ0v) is 17.5. The Kier molecular flexibility index (Phi) is 7.02. The van der Waals surface area contributed by atoms with Crippen molar-refractivity contribution in [3.8, 4) is 11.5 Å². The first-order valence-electron chi connectivity index (χ1n) is 9.66. The van der Waals surface area contributed by atoms with Gasteiger partial charge in [0.1, 0.15) is 5.82 Å². The molecule has 1 amide bonds. The van der Waals surface area contributed by atoms with Crippen molar-refractivity contribution in [3.05, 3.63) is 65.7 Å². The molecule has 0 aliphatic heterocycles. The minimum absolute atomic E-state index is 0.170. The van der Waals surface area contributed by atoms with Gasteiger partial charge in [0.2, 0.25) is 0 Å².